The second-order valence-electron chi connectivity index (χ2n) is 3.23. The quantitative estimate of drug-likeness (QED) is 0.814. The largest absolute Gasteiger partial charge is 0.423 e. The average Bonchev–Trinajstić information content (AvgIpc) is 2.28. The smallest absolute Gasteiger partial charge is 0.323 e. The number of halogens is 1. The van der Waals surface area contributed by atoms with Crippen LogP contribution in [0.5, 0.6) is 11.8 Å². The molecule has 0 aliphatic rings. The topological polar surface area (TPSA) is 71.7 Å². The molecule has 0 spiro atoms. The molecule has 0 atom stereocenters. The highest BCUT2D eigenvalue weighted by Gasteiger charge is 2.05. The van der Waals surface area contributed by atoms with E-state index in [0.29, 0.717) is 16.5 Å². The van der Waals surface area contributed by atoms with Crippen molar-refractivity contribution in [2.24, 2.45) is 0 Å². The molecule has 0 saturated heterocycles. The van der Waals surface area contributed by atoms with Crippen molar-refractivity contribution in [3.63, 3.8) is 0 Å². The van der Waals surface area contributed by atoms with Crippen LogP contribution in [0.25, 0.3) is 0 Å². The Kier molecular flexibility index (Phi) is 3.17. The summed E-state index contributed by atoms with van der Waals surface area (Å²) in [5, 5.41) is 9.22. The van der Waals surface area contributed by atoms with E-state index in [1.54, 1.807) is 19.1 Å². The van der Waals surface area contributed by atoms with Gasteiger partial charge in [0.15, 0.2) is 5.75 Å². The van der Waals surface area contributed by atoms with Gasteiger partial charge in [-0.05, 0) is 13.0 Å². The zero-order valence-electron chi connectivity index (χ0n) is 8.88. The Hall–Kier alpha value is -2.19. The fourth-order valence-corrected chi connectivity index (χ4v) is 1.36. The van der Waals surface area contributed by atoms with E-state index in [-0.39, 0.29) is 11.7 Å². The monoisotopic (exact) mass is 246 g/mol. The van der Waals surface area contributed by atoms with Gasteiger partial charge in [0, 0.05) is 18.0 Å². The standard InChI is InChI=1S/C11H7ClN4O/c1-7-2-9(4-13)16-11(15-7)17-10-3-8(12)5-14-6-10/h2-3,5-6H,1H3. The Morgan fingerprint density at radius 2 is 2.12 bits per heavy atom. The van der Waals surface area contributed by atoms with Gasteiger partial charge in [0.1, 0.15) is 11.8 Å². The summed E-state index contributed by atoms with van der Waals surface area (Å²) in [5.74, 6) is 0.423. The van der Waals surface area contributed by atoms with Gasteiger partial charge < -0.3 is 4.74 Å². The first-order valence-electron chi connectivity index (χ1n) is 4.71. The summed E-state index contributed by atoms with van der Waals surface area (Å²) in [7, 11) is 0. The predicted octanol–water partition coefficient (Wildman–Crippen LogP) is 2.50. The van der Waals surface area contributed by atoms with Crippen LogP contribution in [0.3, 0.4) is 0 Å². The second kappa shape index (κ2) is 4.76. The van der Waals surface area contributed by atoms with Gasteiger partial charge in [-0.2, -0.15) is 10.2 Å². The van der Waals surface area contributed by atoms with Crippen molar-refractivity contribution in [2.45, 2.75) is 6.92 Å². The number of rotatable bonds is 2. The van der Waals surface area contributed by atoms with E-state index >= 15 is 0 Å². The van der Waals surface area contributed by atoms with Gasteiger partial charge in [-0.3, -0.25) is 4.98 Å². The van der Waals surface area contributed by atoms with Crippen LogP contribution < -0.4 is 4.74 Å². The fraction of sp³-hybridized carbons (Fsp3) is 0.0909. The molecule has 0 saturated carbocycles. The van der Waals surface area contributed by atoms with Crippen molar-refractivity contribution >= 4 is 11.6 Å². The average molecular weight is 247 g/mol. The van der Waals surface area contributed by atoms with Gasteiger partial charge >= 0.3 is 6.01 Å². The SMILES string of the molecule is Cc1cc(C#N)nc(Oc2cncc(Cl)c2)n1. The van der Waals surface area contributed by atoms with E-state index < -0.39 is 0 Å². The van der Waals surface area contributed by atoms with Crippen LogP contribution in [0.2, 0.25) is 5.02 Å². The summed E-state index contributed by atoms with van der Waals surface area (Å²) in [6.45, 7) is 1.76. The Bertz CT molecular complexity index is 594. The Morgan fingerprint density at radius 1 is 1.29 bits per heavy atom. The number of aromatic nitrogens is 3. The molecule has 17 heavy (non-hydrogen) atoms. The Labute approximate surface area is 103 Å². The molecule has 0 unspecified atom stereocenters. The number of nitriles is 1. The molecule has 0 aliphatic heterocycles. The molecular formula is C11H7ClN4O. The molecule has 84 valence electrons. The molecule has 0 radical (unpaired) electrons. The second-order valence-corrected chi connectivity index (χ2v) is 3.67. The Morgan fingerprint density at radius 3 is 2.82 bits per heavy atom. The third-order valence-corrected chi connectivity index (χ3v) is 2.04. The number of pyridine rings is 1. The molecule has 0 aromatic carbocycles. The minimum Gasteiger partial charge on any atom is -0.423 e. The highest BCUT2D eigenvalue weighted by molar-refractivity contribution is 6.30. The maximum Gasteiger partial charge on any atom is 0.323 e. The normalized spacial score (nSPS) is 9.71. The number of hydrogen-bond acceptors (Lipinski definition) is 5. The molecule has 5 nitrogen and oxygen atoms in total. The molecule has 2 rings (SSSR count). The summed E-state index contributed by atoms with van der Waals surface area (Å²) in [5.41, 5.74) is 0.907. The van der Waals surface area contributed by atoms with E-state index in [4.69, 9.17) is 21.6 Å². The lowest BCUT2D eigenvalue weighted by Gasteiger charge is -2.04. The van der Waals surface area contributed by atoms with Gasteiger partial charge in [-0.1, -0.05) is 11.6 Å². The number of ether oxygens (including phenoxy) is 1. The van der Waals surface area contributed by atoms with Crippen molar-refractivity contribution in [2.75, 3.05) is 0 Å². The summed E-state index contributed by atoms with van der Waals surface area (Å²) in [6.07, 6.45) is 2.98. The third kappa shape index (κ3) is 2.89. The van der Waals surface area contributed by atoms with Gasteiger partial charge in [0.05, 0.1) is 11.2 Å². The van der Waals surface area contributed by atoms with Crippen LogP contribution in [0.15, 0.2) is 24.5 Å². The Balaban J connectivity index is 2.30. The van der Waals surface area contributed by atoms with Crippen molar-refractivity contribution in [3.8, 4) is 17.8 Å². The zero-order chi connectivity index (χ0) is 12.3. The van der Waals surface area contributed by atoms with E-state index in [1.165, 1.54) is 12.4 Å². The highest BCUT2D eigenvalue weighted by Crippen LogP contribution is 2.20. The van der Waals surface area contributed by atoms with Crippen LogP contribution in [-0.4, -0.2) is 15.0 Å². The maximum atomic E-state index is 8.77. The molecule has 2 aromatic heterocycles. The van der Waals surface area contributed by atoms with Crippen LogP contribution >= 0.6 is 11.6 Å². The van der Waals surface area contributed by atoms with E-state index in [2.05, 4.69) is 15.0 Å². The van der Waals surface area contributed by atoms with Gasteiger partial charge in [-0.15, -0.1) is 0 Å². The van der Waals surface area contributed by atoms with Crippen LogP contribution in [0.1, 0.15) is 11.4 Å². The number of hydrogen-bond donors (Lipinski definition) is 0. The molecule has 0 bridgehead atoms. The van der Waals surface area contributed by atoms with Crippen LogP contribution in [0.4, 0.5) is 0 Å². The number of nitrogens with zero attached hydrogens (tertiary/aromatic N) is 4. The minimum atomic E-state index is 0.102. The molecule has 0 amide bonds. The zero-order valence-corrected chi connectivity index (χ0v) is 9.64. The summed E-state index contributed by atoms with van der Waals surface area (Å²) in [4.78, 5) is 11.8. The first-order chi connectivity index (χ1) is 8.17. The molecular weight excluding hydrogens is 240 g/mol. The maximum absolute atomic E-state index is 8.77. The minimum absolute atomic E-state index is 0.102. The van der Waals surface area contributed by atoms with Crippen molar-refractivity contribution in [1.82, 2.24) is 15.0 Å². The molecule has 0 fully saturated rings. The van der Waals surface area contributed by atoms with Crippen LogP contribution in [-0.2, 0) is 0 Å². The molecule has 2 aromatic rings. The van der Waals surface area contributed by atoms with Crippen LogP contribution in [0, 0.1) is 18.3 Å². The summed E-state index contributed by atoms with van der Waals surface area (Å²) < 4.78 is 5.36. The highest BCUT2D eigenvalue weighted by atomic mass is 35.5. The lowest BCUT2D eigenvalue weighted by atomic mass is 10.3. The molecule has 2 heterocycles. The van der Waals surface area contributed by atoms with Gasteiger partial charge in [-0.25, -0.2) is 4.98 Å². The summed E-state index contributed by atoms with van der Waals surface area (Å²) >= 11 is 5.77. The molecule has 0 N–H and O–H groups in total. The summed E-state index contributed by atoms with van der Waals surface area (Å²) in [6, 6.07) is 5.20. The van der Waals surface area contributed by atoms with E-state index in [0.717, 1.165) is 0 Å². The lowest BCUT2D eigenvalue weighted by Crippen LogP contribution is -1.96. The first-order valence-corrected chi connectivity index (χ1v) is 5.09. The van der Waals surface area contributed by atoms with E-state index in [1.807, 2.05) is 6.07 Å². The van der Waals surface area contributed by atoms with Gasteiger partial charge in [0.2, 0.25) is 0 Å². The fourth-order valence-electron chi connectivity index (χ4n) is 1.20. The van der Waals surface area contributed by atoms with Crippen molar-refractivity contribution in [1.29, 1.82) is 5.26 Å². The van der Waals surface area contributed by atoms with Crippen molar-refractivity contribution in [3.05, 3.63) is 40.9 Å². The van der Waals surface area contributed by atoms with Crippen molar-refractivity contribution < 1.29 is 4.74 Å². The predicted molar refractivity (Wildman–Crippen MR) is 60.8 cm³/mol. The third-order valence-electron chi connectivity index (χ3n) is 1.84. The van der Waals surface area contributed by atoms with Gasteiger partial charge in [0.25, 0.3) is 0 Å². The molecule has 6 heteroatoms. The molecule has 0 aliphatic carbocycles. The number of aryl methyl sites for hydroxylation is 1. The lowest BCUT2D eigenvalue weighted by molar-refractivity contribution is 0.438. The first kappa shape index (κ1) is 11.3. The van der Waals surface area contributed by atoms with E-state index in [9.17, 15) is 0 Å².